The monoisotopic (exact) mass is 352 g/mol. The van der Waals surface area contributed by atoms with Crippen LogP contribution in [0.15, 0.2) is 48.7 Å². The number of amides is 1. The van der Waals surface area contributed by atoms with E-state index in [9.17, 15) is 4.79 Å². The van der Waals surface area contributed by atoms with Gasteiger partial charge in [-0.15, -0.1) is 0 Å². The highest BCUT2D eigenvalue weighted by Gasteiger charge is 2.34. The van der Waals surface area contributed by atoms with Crippen LogP contribution in [0.3, 0.4) is 0 Å². The average molecular weight is 352 g/mol. The molecule has 3 rings (SSSR count). The standard InChI is InChI=1S/C21H28N4O/c1-16-13-25(14-17-8-5-4-6-9-17)15-18(16)21(26)23-12-19-20(24(2)3)10-7-11-22-19/h4-11,16,18H,12-15H2,1-3H3,(H,23,26). The van der Waals surface area contributed by atoms with E-state index < -0.39 is 0 Å². The van der Waals surface area contributed by atoms with Gasteiger partial charge in [-0.1, -0.05) is 37.3 Å². The van der Waals surface area contributed by atoms with Gasteiger partial charge in [0.2, 0.25) is 5.91 Å². The minimum absolute atomic E-state index is 0.0326. The van der Waals surface area contributed by atoms with E-state index in [0.717, 1.165) is 31.0 Å². The summed E-state index contributed by atoms with van der Waals surface area (Å²) in [4.78, 5) is 21.5. The quantitative estimate of drug-likeness (QED) is 0.868. The van der Waals surface area contributed by atoms with Crippen molar-refractivity contribution in [3.63, 3.8) is 0 Å². The molecule has 138 valence electrons. The summed E-state index contributed by atoms with van der Waals surface area (Å²) in [7, 11) is 3.98. The Morgan fingerprint density at radius 2 is 1.96 bits per heavy atom. The predicted molar refractivity (Wildman–Crippen MR) is 105 cm³/mol. The van der Waals surface area contributed by atoms with Crippen LogP contribution in [0.25, 0.3) is 0 Å². The van der Waals surface area contributed by atoms with Gasteiger partial charge in [0.05, 0.1) is 23.8 Å². The summed E-state index contributed by atoms with van der Waals surface area (Å²) in [5, 5.41) is 3.10. The van der Waals surface area contributed by atoms with Crippen molar-refractivity contribution >= 4 is 11.6 Å². The fourth-order valence-corrected chi connectivity index (χ4v) is 3.65. The molecule has 1 aliphatic rings. The normalized spacial score (nSPS) is 20.1. The summed E-state index contributed by atoms with van der Waals surface area (Å²) in [6.45, 7) is 5.31. The second-order valence-corrected chi connectivity index (χ2v) is 7.34. The second-order valence-electron chi connectivity index (χ2n) is 7.34. The summed E-state index contributed by atoms with van der Waals surface area (Å²) < 4.78 is 0. The fourth-order valence-electron chi connectivity index (χ4n) is 3.65. The number of hydrogen-bond acceptors (Lipinski definition) is 4. The molecule has 5 heteroatoms. The molecule has 5 nitrogen and oxygen atoms in total. The molecule has 1 amide bonds. The van der Waals surface area contributed by atoms with Crippen LogP contribution < -0.4 is 10.2 Å². The van der Waals surface area contributed by atoms with Gasteiger partial charge in [-0.05, 0) is 23.6 Å². The molecule has 2 unspecified atom stereocenters. The van der Waals surface area contributed by atoms with E-state index >= 15 is 0 Å². The lowest BCUT2D eigenvalue weighted by Gasteiger charge is -2.18. The molecule has 2 heterocycles. The van der Waals surface area contributed by atoms with Crippen LogP contribution in [-0.2, 0) is 17.9 Å². The third kappa shape index (κ3) is 4.41. The molecule has 0 spiro atoms. The topological polar surface area (TPSA) is 48.5 Å². The van der Waals surface area contributed by atoms with Crippen LogP contribution in [0.5, 0.6) is 0 Å². The third-order valence-corrected chi connectivity index (χ3v) is 5.05. The van der Waals surface area contributed by atoms with Crippen LogP contribution in [0, 0.1) is 11.8 Å². The number of rotatable bonds is 6. The minimum atomic E-state index is 0.0326. The number of anilines is 1. The van der Waals surface area contributed by atoms with Crippen molar-refractivity contribution in [1.82, 2.24) is 15.2 Å². The van der Waals surface area contributed by atoms with Crippen LogP contribution in [0.4, 0.5) is 5.69 Å². The molecular formula is C21H28N4O. The molecule has 1 N–H and O–H groups in total. The van der Waals surface area contributed by atoms with Crippen LogP contribution >= 0.6 is 0 Å². The molecule has 2 aromatic rings. The number of benzene rings is 1. The maximum atomic E-state index is 12.7. The largest absolute Gasteiger partial charge is 0.376 e. The molecule has 26 heavy (non-hydrogen) atoms. The molecule has 1 aromatic carbocycles. The summed E-state index contributed by atoms with van der Waals surface area (Å²) in [6.07, 6.45) is 1.77. The predicted octanol–water partition coefficient (Wildman–Crippen LogP) is 2.53. The van der Waals surface area contributed by atoms with E-state index in [4.69, 9.17) is 0 Å². The molecule has 1 fully saturated rings. The van der Waals surface area contributed by atoms with E-state index in [1.807, 2.05) is 37.2 Å². The van der Waals surface area contributed by atoms with E-state index in [1.165, 1.54) is 5.56 Å². The first kappa shape index (κ1) is 18.4. The van der Waals surface area contributed by atoms with Crippen molar-refractivity contribution in [3.05, 3.63) is 59.9 Å². The smallest absolute Gasteiger partial charge is 0.225 e. The zero-order chi connectivity index (χ0) is 18.5. The zero-order valence-electron chi connectivity index (χ0n) is 15.9. The van der Waals surface area contributed by atoms with Crippen molar-refractivity contribution in [2.24, 2.45) is 11.8 Å². The SMILES string of the molecule is CC1CN(Cc2ccccc2)CC1C(=O)NCc1ncccc1N(C)C. The first-order valence-electron chi connectivity index (χ1n) is 9.20. The molecule has 0 bridgehead atoms. The number of aromatic nitrogens is 1. The molecule has 2 atom stereocenters. The first-order chi connectivity index (χ1) is 12.5. The van der Waals surface area contributed by atoms with Crippen LogP contribution in [-0.4, -0.2) is 43.0 Å². The Bertz CT molecular complexity index is 732. The summed E-state index contributed by atoms with van der Waals surface area (Å²) >= 11 is 0. The average Bonchev–Trinajstić information content (AvgIpc) is 3.01. The highest BCUT2D eigenvalue weighted by molar-refractivity contribution is 5.79. The molecule has 1 aromatic heterocycles. The van der Waals surface area contributed by atoms with Gasteiger partial charge in [0.25, 0.3) is 0 Å². The lowest BCUT2D eigenvalue weighted by molar-refractivity contribution is -0.125. The molecule has 0 saturated carbocycles. The molecule has 0 aliphatic carbocycles. The number of carbonyl (C=O) groups excluding carboxylic acids is 1. The number of carbonyl (C=O) groups is 1. The number of nitrogens with zero attached hydrogens (tertiary/aromatic N) is 3. The molecular weight excluding hydrogens is 324 g/mol. The Hall–Kier alpha value is -2.40. The summed E-state index contributed by atoms with van der Waals surface area (Å²) in [5.41, 5.74) is 3.24. The fraction of sp³-hybridized carbons (Fsp3) is 0.429. The molecule has 1 saturated heterocycles. The Labute approximate surface area is 156 Å². The van der Waals surface area contributed by atoms with Gasteiger partial charge >= 0.3 is 0 Å². The lowest BCUT2D eigenvalue weighted by Crippen LogP contribution is -2.34. The number of nitrogens with one attached hydrogen (secondary N) is 1. The van der Waals surface area contributed by atoms with Crippen molar-refractivity contribution in [3.8, 4) is 0 Å². The van der Waals surface area contributed by atoms with Gasteiger partial charge in [-0.25, -0.2) is 0 Å². The van der Waals surface area contributed by atoms with Crippen LogP contribution in [0.1, 0.15) is 18.2 Å². The van der Waals surface area contributed by atoms with E-state index in [2.05, 4.69) is 46.4 Å². The van der Waals surface area contributed by atoms with Crippen LogP contribution in [0.2, 0.25) is 0 Å². The Morgan fingerprint density at radius 3 is 2.69 bits per heavy atom. The maximum absolute atomic E-state index is 12.7. The highest BCUT2D eigenvalue weighted by atomic mass is 16.1. The van der Waals surface area contributed by atoms with E-state index in [0.29, 0.717) is 12.5 Å². The van der Waals surface area contributed by atoms with E-state index in [-0.39, 0.29) is 11.8 Å². The third-order valence-electron chi connectivity index (χ3n) is 5.05. The maximum Gasteiger partial charge on any atom is 0.225 e. The van der Waals surface area contributed by atoms with Crippen molar-refractivity contribution < 1.29 is 4.79 Å². The van der Waals surface area contributed by atoms with Gasteiger partial charge in [-0.2, -0.15) is 0 Å². The summed E-state index contributed by atoms with van der Waals surface area (Å²) in [5.74, 6) is 0.518. The Morgan fingerprint density at radius 1 is 1.19 bits per heavy atom. The first-order valence-corrected chi connectivity index (χ1v) is 9.20. The minimum Gasteiger partial charge on any atom is -0.376 e. The van der Waals surface area contributed by atoms with E-state index in [1.54, 1.807) is 6.20 Å². The van der Waals surface area contributed by atoms with Gasteiger partial charge in [0, 0.05) is 39.9 Å². The summed E-state index contributed by atoms with van der Waals surface area (Å²) in [6, 6.07) is 14.4. The zero-order valence-corrected chi connectivity index (χ0v) is 15.9. The molecule has 0 radical (unpaired) electrons. The van der Waals surface area contributed by atoms with Gasteiger partial charge in [0.15, 0.2) is 0 Å². The lowest BCUT2D eigenvalue weighted by atomic mass is 9.97. The number of hydrogen-bond donors (Lipinski definition) is 1. The van der Waals surface area contributed by atoms with Crippen molar-refractivity contribution in [2.75, 3.05) is 32.1 Å². The molecule has 1 aliphatic heterocycles. The van der Waals surface area contributed by atoms with Crippen molar-refractivity contribution in [1.29, 1.82) is 0 Å². The van der Waals surface area contributed by atoms with Gasteiger partial charge in [-0.3, -0.25) is 14.7 Å². The second kappa shape index (κ2) is 8.32. The Balaban J connectivity index is 1.57. The Kier molecular flexibility index (Phi) is 5.89. The number of likely N-dealkylation sites (tertiary alicyclic amines) is 1. The number of pyridine rings is 1. The van der Waals surface area contributed by atoms with Gasteiger partial charge in [0.1, 0.15) is 0 Å². The van der Waals surface area contributed by atoms with Gasteiger partial charge < -0.3 is 10.2 Å². The highest BCUT2D eigenvalue weighted by Crippen LogP contribution is 2.25. The van der Waals surface area contributed by atoms with Crippen molar-refractivity contribution in [2.45, 2.75) is 20.0 Å².